The van der Waals surface area contributed by atoms with E-state index >= 15 is 0 Å². The van der Waals surface area contributed by atoms with Crippen LogP contribution in [0.3, 0.4) is 0 Å². The van der Waals surface area contributed by atoms with Crippen LogP contribution in [0.5, 0.6) is 11.5 Å². The highest BCUT2D eigenvalue weighted by molar-refractivity contribution is 6.32. The first-order valence-corrected chi connectivity index (χ1v) is 5.47. The summed E-state index contributed by atoms with van der Waals surface area (Å²) in [5.41, 5.74) is -2.26. The van der Waals surface area contributed by atoms with Gasteiger partial charge in [0.05, 0.1) is 5.02 Å². The minimum atomic E-state index is -3.27. The molecule has 3 rings (SSSR count). The summed E-state index contributed by atoms with van der Waals surface area (Å²) in [6.45, 7) is -0.0605. The number of halogens is 3. The van der Waals surface area contributed by atoms with E-state index < -0.39 is 23.7 Å². The molecule has 0 amide bonds. The Labute approximate surface area is 105 Å². The third kappa shape index (κ3) is 1.26. The molecule has 1 aliphatic heterocycles. The van der Waals surface area contributed by atoms with Gasteiger partial charge in [0.1, 0.15) is 0 Å². The average molecular weight is 277 g/mol. The number of benzene rings is 1. The Morgan fingerprint density at radius 3 is 2.61 bits per heavy atom. The van der Waals surface area contributed by atoms with E-state index in [9.17, 15) is 13.6 Å². The average Bonchev–Trinajstić information content (AvgIpc) is 2.69. The highest BCUT2D eigenvalue weighted by Crippen LogP contribution is 2.63. The second-order valence-electron chi connectivity index (χ2n) is 4.28. The molecular formula is C11H7ClF2O4. The van der Waals surface area contributed by atoms with Gasteiger partial charge in [-0.1, -0.05) is 11.6 Å². The summed E-state index contributed by atoms with van der Waals surface area (Å²) in [6, 6.07) is 2.45. The Kier molecular flexibility index (Phi) is 2.09. The van der Waals surface area contributed by atoms with E-state index in [0.717, 1.165) is 0 Å². The lowest BCUT2D eigenvalue weighted by Gasteiger charge is -2.13. The maximum atomic E-state index is 13.4. The first kappa shape index (κ1) is 11.5. The van der Waals surface area contributed by atoms with Gasteiger partial charge in [0.2, 0.25) is 6.79 Å². The molecule has 0 bridgehead atoms. The molecule has 1 saturated carbocycles. The summed E-state index contributed by atoms with van der Waals surface area (Å²) in [7, 11) is 0. The van der Waals surface area contributed by atoms with Gasteiger partial charge in [0.25, 0.3) is 5.92 Å². The number of hydrogen-bond acceptors (Lipinski definition) is 3. The van der Waals surface area contributed by atoms with E-state index in [1.165, 1.54) is 12.1 Å². The van der Waals surface area contributed by atoms with Gasteiger partial charge in [-0.15, -0.1) is 0 Å². The fourth-order valence-electron chi connectivity index (χ4n) is 2.17. The Balaban J connectivity index is 2.14. The van der Waals surface area contributed by atoms with Crippen LogP contribution >= 0.6 is 11.6 Å². The number of alkyl halides is 2. The minimum Gasteiger partial charge on any atom is -0.480 e. The maximum absolute atomic E-state index is 13.4. The molecule has 1 aliphatic carbocycles. The van der Waals surface area contributed by atoms with Crippen LogP contribution in [-0.4, -0.2) is 23.8 Å². The number of carbonyl (C=O) groups is 1. The van der Waals surface area contributed by atoms with Gasteiger partial charge in [-0.25, -0.2) is 8.78 Å². The predicted octanol–water partition coefficient (Wildman–Crippen LogP) is 2.43. The summed E-state index contributed by atoms with van der Waals surface area (Å²) in [5, 5.41) is 9.11. The van der Waals surface area contributed by atoms with Gasteiger partial charge in [0.15, 0.2) is 16.9 Å². The van der Waals surface area contributed by atoms with Crippen LogP contribution in [0.2, 0.25) is 5.02 Å². The summed E-state index contributed by atoms with van der Waals surface area (Å²) in [4.78, 5) is 11.1. The van der Waals surface area contributed by atoms with E-state index in [1.807, 2.05) is 0 Å². The maximum Gasteiger partial charge on any atom is 0.320 e. The van der Waals surface area contributed by atoms with E-state index in [4.69, 9.17) is 26.2 Å². The number of hydrogen-bond donors (Lipinski definition) is 1. The van der Waals surface area contributed by atoms with Gasteiger partial charge >= 0.3 is 5.97 Å². The van der Waals surface area contributed by atoms with Gasteiger partial charge in [-0.05, 0) is 17.7 Å². The zero-order valence-electron chi connectivity index (χ0n) is 8.87. The van der Waals surface area contributed by atoms with Gasteiger partial charge in [0, 0.05) is 6.42 Å². The molecule has 96 valence electrons. The molecule has 1 atom stereocenters. The Hall–Kier alpha value is -1.56. The molecule has 1 unspecified atom stereocenters. The Morgan fingerprint density at radius 1 is 1.39 bits per heavy atom. The van der Waals surface area contributed by atoms with Gasteiger partial charge in [-0.2, -0.15) is 0 Å². The molecule has 0 radical (unpaired) electrons. The van der Waals surface area contributed by atoms with Crippen molar-refractivity contribution in [2.75, 3.05) is 6.79 Å². The van der Waals surface area contributed by atoms with E-state index in [-0.39, 0.29) is 28.9 Å². The van der Waals surface area contributed by atoms with Crippen LogP contribution in [0.25, 0.3) is 0 Å². The Morgan fingerprint density at radius 2 is 2.06 bits per heavy atom. The number of aliphatic carboxylic acids is 1. The standard InChI is InChI=1S/C11H7ClF2O4/c12-6-1-5(2-7-8(6)18-4-17-7)10(9(15)16)3-11(10,13)14/h1-2H,3-4H2,(H,15,16). The second kappa shape index (κ2) is 3.26. The first-order valence-electron chi connectivity index (χ1n) is 5.09. The van der Waals surface area contributed by atoms with Crippen LogP contribution in [0.1, 0.15) is 12.0 Å². The van der Waals surface area contributed by atoms with Crippen molar-refractivity contribution < 1.29 is 28.2 Å². The summed E-state index contributed by atoms with van der Waals surface area (Å²) in [6.07, 6.45) is -0.731. The molecule has 0 spiro atoms. The molecule has 4 nitrogen and oxygen atoms in total. The summed E-state index contributed by atoms with van der Waals surface area (Å²) >= 11 is 5.86. The molecule has 1 N–H and O–H groups in total. The number of fused-ring (bicyclic) bond motifs is 1. The normalized spacial score (nSPS) is 27.1. The van der Waals surface area contributed by atoms with Crippen molar-refractivity contribution in [2.45, 2.75) is 17.8 Å². The third-order valence-corrected chi connectivity index (χ3v) is 3.55. The molecule has 1 heterocycles. The van der Waals surface area contributed by atoms with E-state index in [2.05, 4.69) is 0 Å². The van der Waals surface area contributed by atoms with E-state index in [1.54, 1.807) is 0 Å². The molecule has 18 heavy (non-hydrogen) atoms. The highest BCUT2D eigenvalue weighted by Gasteiger charge is 2.77. The van der Waals surface area contributed by atoms with Crippen molar-refractivity contribution in [2.24, 2.45) is 0 Å². The molecule has 7 heteroatoms. The summed E-state index contributed by atoms with van der Waals surface area (Å²) < 4.78 is 36.8. The second-order valence-corrected chi connectivity index (χ2v) is 4.69. The lowest BCUT2D eigenvalue weighted by Crippen LogP contribution is -2.27. The molecule has 2 aliphatic rings. The van der Waals surface area contributed by atoms with Crippen molar-refractivity contribution >= 4 is 17.6 Å². The first-order chi connectivity index (χ1) is 8.38. The summed E-state index contributed by atoms with van der Waals surface area (Å²) in [5.74, 6) is -4.39. The van der Waals surface area contributed by atoms with Crippen molar-refractivity contribution in [3.05, 3.63) is 22.7 Å². The van der Waals surface area contributed by atoms with Crippen molar-refractivity contribution in [3.8, 4) is 11.5 Å². The molecule has 1 aromatic carbocycles. The van der Waals surface area contributed by atoms with Crippen molar-refractivity contribution in [1.29, 1.82) is 0 Å². The van der Waals surface area contributed by atoms with Crippen LogP contribution in [0.4, 0.5) is 8.78 Å². The fraction of sp³-hybridized carbons (Fsp3) is 0.364. The van der Waals surface area contributed by atoms with Gasteiger partial charge < -0.3 is 14.6 Å². The molecule has 1 fully saturated rings. The van der Waals surface area contributed by atoms with Crippen LogP contribution < -0.4 is 9.47 Å². The van der Waals surface area contributed by atoms with Crippen LogP contribution in [-0.2, 0) is 10.2 Å². The fourth-order valence-corrected chi connectivity index (χ4v) is 2.44. The van der Waals surface area contributed by atoms with Crippen LogP contribution in [0.15, 0.2) is 12.1 Å². The zero-order chi connectivity index (χ0) is 13.1. The molecule has 0 saturated heterocycles. The lowest BCUT2D eigenvalue weighted by molar-refractivity contribution is -0.142. The predicted molar refractivity (Wildman–Crippen MR) is 56.5 cm³/mol. The third-order valence-electron chi connectivity index (χ3n) is 3.27. The quantitative estimate of drug-likeness (QED) is 0.901. The van der Waals surface area contributed by atoms with Crippen LogP contribution in [0, 0.1) is 0 Å². The number of ether oxygens (including phenoxy) is 2. The van der Waals surface area contributed by atoms with E-state index in [0.29, 0.717) is 0 Å². The number of rotatable bonds is 2. The monoisotopic (exact) mass is 276 g/mol. The molecular weight excluding hydrogens is 270 g/mol. The topological polar surface area (TPSA) is 55.8 Å². The Bertz CT molecular complexity index is 560. The van der Waals surface area contributed by atoms with Crippen molar-refractivity contribution in [1.82, 2.24) is 0 Å². The largest absolute Gasteiger partial charge is 0.480 e. The minimum absolute atomic E-state index is 0.0605. The number of carboxylic acid groups (broad SMARTS) is 1. The van der Waals surface area contributed by atoms with Crippen molar-refractivity contribution in [3.63, 3.8) is 0 Å². The SMILES string of the molecule is O=C(O)C1(c2cc(Cl)c3c(c2)OCO3)CC1(F)F. The molecule has 0 aromatic heterocycles. The highest BCUT2D eigenvalue weighted by atomic mass is 35.5. The zero-order valence-corrected chi connectivity index (χ0v) is 9.63. The lowest BCUT2D eigenvalue weighted by atomic mass is 9.95. The van der Waals surface area contributed by atoms with Gasteiger partial charge in [-0.3, -0.25) is 4.79 Å². The molecule has 1 aromatic rings. The number of carboxylic acids is 1. The smallest absolute Gasteiger partial charge is 0.320 e.